The molecule has 0 spiro atoms. The molecule has 1 aromatic heterocycles. The van der Waals surface area contributed by atoms with E-state index in [2.05, 4.69) is 4.98 Å². The van der Waals surface area contributed by atoms with Crippen LogP contribution in [0.15, 0.2) is 30.6 Å². The molecule has 2 N–H and O–H groups in total. The second-order valence-corrected chi connectivity index (χ2v) is 3.51. The van der Waals surface area contributed by atoms with Crippen molar-refractivity contribution in [2.45, 2.75) is 12.8 Å². The second kappa shape index (κ2) is 3.62. The predicted molar refractivity (Wildman–Crippen MR) is 54.1 cm³/mol. The molecule has 0 amide bonds. The first-order valence-corrected chi connectivity index (χ1v) is 4.69. The third-order valence-electron chi connectivity index (χ3n) is 2.29. The van der Waals surface area contributed by atoms with Crippen LogP contribution in [0.2, 0.25) is 0 Å². The molecule has 0 atom stereocenters. The summed E-state index contributed by atoms with van der Waals surface area (Å²) in [7, 11) is 0. The van der Waals surface area contributed by atoms with Crippen LogP contribution in [0.25, 0.3) is 5.70 Å². The standard InChI is InChI=1S/C11H12N2O/c12-10(7-11(14)9-1-2-9)8-3-5-13-6-4-8/h3-7,9H,1-2,12H2/b10-7+. The minimum atomic E-state index is 0.152. The summed E-state index contributed by atoms with van der Waals surface area (Å²) < 4.78 is 0. The quantitative estimate of drug-likeness (QED) is 0.728. The fraction of sp³-hybridized carbons (Fsp3) is 0.273. The number of rotatable bonds is 3. The van der Waals surface area contributed by atoms with E-state index < -0.39 is 0 Å². The van der Waals surface area contributed by atoms with Crippen molar-refractivity contribution in [2.75, 3.05) is 0 Å². The molecule has 3 nitrogen and oxygen atoms in total. The zero-order valence-corrected chi connectivity index (χ0v) is 7.81. The SMILES string of the molecule is N/C(=C/C(=O)C1CC1)c1ccncc1. The van der Waals surface area contributed by atoms with Gasteiger partial charge in [-0.1, -0.05) is 0 Å². The van der Waals surface area contributed by atoms with Crippen molar-refractivity contribution in [2.24, 2.45) is 11.7 Å². The normalized spacial score (nSPS) is 16.7. The Balaban J connectivity index is 2.14. The van der Waals surface area contributed by atoms with Gasteiger partial charge in [0.1, 0.15) is 0 Å². The molecule has 0 aliphatic heterocycles. The van der Waals surface area contributed by atoms with E-state index >= 15 is 0 Å². The highest BCUT2D eigenvalue weighted by atomic mass is 16.1. The molecule has 1 heterocycles. The fourth-order valence-corrected chi connectivity index (χ4v) is 1.27. The zero-order chi connectivity index (χ0) is 9.97. The van der Waals surface area contributed by atoms with E-state index in [0.717, 1.165) is 18.4 Å². The van der Waals surface area contributed by atoms with Crippen LogP contribution in [-0.4, -0.2) is 10.8 Å². The zero-order valence-electron chi connectivity index (χ0n) is 7.81. The molecule has 14 heavy (non-hydrogen) atoms. The van der Waals surface area contributed by atoms with Crippen molar-refractivity contribution in [1.82, 2.24) is 4.98 Å². The molecule has 0 bridgehead atoms. The van der Waals surface area contributed by atoms with Crippen molar-refractivity contribution >= 4 is 11.5 Å². The van der Waals surface area contributed by atoms with E-state index in [1.54, 1.807) is 24.5 Å². The van der Waals surface area contributed by atoms with Gasteiger partial charge in [-0.15, -0.1) is 0 Å². The molecule has 1 aliphatic carbocycles. The Kier molecular flexibility index (Phi) is 2.31. The maximum atomic E-state index is 11.4. The van der Waals surface area contributed by atoms with Gasteiger partial charge in [-0.2, -0.15) is 0 Å². The summed E-state index contributed by atoms with van der Waals surface area (Å²) >= 11 is 0. The average molecular weight is 188 g/mol. The monoisotopic (exact) mass is 188 g/mol. The lowest BCUT2D eigenvalue weighted by atomic mass is 10.1. The van der Waals surface area contributed by atoms with Crippen LogP contribution in [0.5, 0.6) is 0 Å². The number of carbonyl (C=O) groups is 1. The summed E-state index contributed by atoms with van der Waals surface area (Å²) in [5.41, 5.74) is 7.16. The highest BCUT2D eigenvalue weighted by molar-refractivity contribution is 5.98. The van der Waals surface area contributed by atoms with Gasteiger partial charge >= 0.3 is 0 Å². The molecule has 1 fully saturated rings. The number of aromatic nitrogens is 1. The van der Waals surface area contributed by atoms with Gasteiger partial charge in [0.05, 0.1) is 0 Å². The summed E-state index contributed by atoms with van der Waals surface area (Å²) in [5.74, 6) is 0.384. The number of hydrogen-bond acceptors (Lipinski definition) is 3. The van der Waals surface area contributed by atoms with Gasteiger partial charge in [-0.25, -0.2) is 0 Å². The molecular weight excluding hydrogens is 176 g/mol. The van der Waals surface area contributed by atoms with Crippen LogP contribution in [0, 0.1) is 5.92 Å². The van der Waals surface area contributed by atoms with Gasteiger partial charge in [-0.3, -0.25) is 9.78 Å². The maximum Gasteiger partial charge on any atom is 0.160 e. The molecule has 0 unspecified atom stereocenters. The molecular formula is C11H12N2O. The van der Waals surface area contributed by atoms with Crippen molar-refractivity contribution in [3.8, 4) is 0 Å². The van der Waals surface area contributed by atoms with Crippen molar-refractivity contribution in [3.05, 3.63) is 36.2 Å². The summed E-state index contributed by atoms with van der Waals surface area (Å²) in [4.78, 5) is 15.3. The molecule has 3 heteroatoms. The van der Waals surface area contributed by atoms with E-state index in [0.29, 0.717) is 5.70 Å². The minimum absolute atomic E-state index is 0.152. The van der Waals surface area contributed by atoms with Gasteiger partial charge < -0.3 is 5.73 Å². The predicted octanol–water partition coefficient (Wildman–Crippen LogP) is 1.36. The van der Waals surface area contributed by atoms with Gasteiger partial charge in [0.25, 0.3) is 0 Å². The third-order valence-corrected chi connectivity index (χ3v) is 2.29. The summed E-state index contributed by atoms with van der Waals surface area (Å²) in [6.45, 7) is 0. The Bertz CT molecular complexity index is 366. The lowest BCUT2D eigenvalue weighted by Crippen LogP contribution is -2.02. The highest BCUT2D eigenvalue weighted by Crippen LogP contribution is 2.30. The highest BCUT2D eigenvalue weighted by Gasteiger charge is 2.27. The lowest BCUT2D eigenvalue weighted by Gasteiger charge is -1.99. The Hall–Kier alpha value is -1.64. The molecule has 0 aromatic carbocycles. The Morgan fingerprint density at radius 1 is 1.43 bits per heavy atom. The minimum Gasteiger partial charge on any atom is -0.398 e. The molecule has 1 aromatic rings. The topological polar surface area (TPSA) is 56.0 Å². The Labute approximate surface area is 82.6 Å². The van der Waals surface area contributed by atoms with E-state index in [-0.39, 0.29) is 11.7 Å². The molecule has 1 saturated carbocycles. The first-order valence-electron chi connectivity index (χ1n) is 4.69. The average Bonchev–Trinajstić information content (AvgIpc) is 3.02. The van der Waals surface area contributed by atoms with Crippen molar-refractivity contribution in [3.63, 3.8) is 0 Å². The van der Waals surface area contributed by atoms with Crippen LogP contribution in [0.3, 0.4) is 0 Å². The molecule has 2 rings (SSSR count). The van der Waals surface area contributed by atoms with Crippen LogP contribution >= 0.6 is 0 Å². The van der Waals surface area contributed by atoms with Crippen molar-refractivity contribution < 1.29 is 4.79 Å². The first-order chi connectivity index (χ1) is 6.77. The Morgan fingerprint density at radius 2 is 2.07 bits per heavy atom. The number of allylic oxidation sites excluding steroid dienone is 1. The molecule has 0 saturated heterocycles. The Morgan fingerprint density at radius 3 is 2.64 bits per heavy atom. The van der Waals surface area contributed by atoms with E-state index in [1.165, 1.54) is 6.08 Å². The number of nitrogens with zero attached hydrogens (tertiary/aromatic N) is 1. The molecule has 72 valence electrons. The summed E-state index contributed by atoms with van der Waals surface area (Å²) in [5, 5.41) is 0. The second-order valence-electron chi connectivity index (χ2n) is 3.51. The van der Waals surface area contributed by atoms with Crippen LogP contribution in [-0.2, 0) is 4.79 Å². The summed E-state index contributed by atoms with van der Waals surface area (Å²) in [6.07, 6.45) is 6.89. The lowest BCUT2D eigenvalue weighted by molar-refractivity contribution is -0.115. The third kappa shape index (κ3) is 1.99. The number of carbonyl (C=O) groups excluding carboxylic acids is 1. The van der Waals surface area contributed by atoms with Crippen LogP contribution in [0.1, 0.15) is 18.4 Å². The van der Waals surface area contributed by atoms with Gasteiger partial charge in [0.2, 0.25) is 0 Å². The van der Waals surface area contributed by atoms with Crippen LogP contribution in [0.4, 0.5) is 0 Å². The van der Waals surface area contributed by atoms with Gasteiger partial charge in [-0.05, 0) is 25.0 Å². The smallest absolute Gasteiger partial charge is 0.160 e. The molecule has 0 radical (unpaired) electrons. The van der Waals surface area contributed by atoms with Crippen molar-refractivity contribution in [1.29, 1.82) is 0 Å². The van der Waals surface area contributed by atoms with Crippen LogP contribution < -0.4 is 5.73 Å². The largest absolute Gasteiger partial charge is 0.398 e. The van der Waals surface area contributed by atoms with Gasteiger partial charge in [0.15, 0.2) is 5.78 Å². The molecule has 1 aliphatic rings. The van der Waals surface area contributed by atoms with E-state index in [4.69, 9.17) is 5.73 Å². The fourth-order valence-electron chi connectivity index (χ4n) is 1.27. The number of ketones is 1. The first kappa shape index (κ1) is 8.94. The number of nitrogens with two attached hydrogens (primary N) is 1. The maximum absolute atomic E-state index is 11.4. The van der Waals surface area contributed by atoms with Gasteiger partial charge in [0, 0.05) is 35.6 Å². The van der Waals surface area contributed by atoms with E-state index in [1.807, 2.05) is 0 Å². The number of pyridine rings is 1. The summed E-state index contributed by atoms with van der Waals surface area (Å²) in [6, 6.07) is 3.60. The van der Waals surface area contributed by atoms with E-state index in [9.17, 15) is 4.79 Å². The number of hydrogen-bond donors (Lipinski definition) is 1.